The van der Waals surface area contributed by atoms with E-state index >= 15 is 0 Å². The number of hydrogen-bond acceptors (Lipinski definition) is 3. The number of nitrogens with zero attached hydrogens (tertiary/aromatic N) is 1. The number of hydrogen-bond donors (Lipinski definition) is 2. The molecule has 2 aromatic carbocycles. The molecule has 0 radical (unpaired) electrons. The van der Waals surface area contributed by atoms with E-state index in [9.17, 15) is 9.59 Å². The van der Waals surface area contributed by atoms with Gasteiger partial charge in [0.15, 0.2) is 0 Å². The predicted molar refractivity (Wildman–Crippen MR) is 123 cm³/mol. The molecule has 0 bridgehead atoms. The molecule has 1 aromatic heterocycles. The minimum atomic E-state index is -0.0837. The van der Waals surface area contributed by atoms with Crippen molar-refractivity contribution >= 4 is 40.0 Å². The van der Waals surface area contributed by atoms with Gasteiger partial charge in [0.2, 0.25) is 5.91 Å². The molecule has 2 heterocycles. The van der Waals surface area contributed by atoms with Gasteiger partial charge in [-0.05, 0) is 55.5 Å². The fourth-order valence-corrected chi connectivity index (χ4v) is 4.34. The molecule has 3 aromatic rings. The number of nitrogens with one attached hydrogen (secondary N) is 2. The van der Waals surface area contributed by atoms with Crippen LogP contribution in [0.5, 0.6) is 5.75 Å². The summed E-state index contributed by atoms with van der Waals surface area (Å²) < 4.78 is 5.28. The summed E-state index contributed by atoms with van der Waals surface area (Å²) in [5.74, 6) is 0.813. The topological polar surface area (TPSA) is 74.4 Å². The maximum Gasteiger partial charge on any atom is 0.270 e. The Labute approximate surface area is 186 Å². The zero-order valence-corrected chi connectivity index (χ0v) is 18.2. The van der Waals surface area contributed by atoms with Crippen molar-refractivity contribution in [3.05, 3.63) is 59.2 Å². The Kier molecular flexibility index (Phi) is 6.47. The molecule has 1 saturated heterocycles. The van der Waals surface area contributed by atoms with Crippen LogP contribution in [0.2, 0.25) is 5.02 Å². The second-order valence-electron chi connectivity index (χ2n) is 7.96. The third kappa shape index (κ3) is 5.02. The number of benzene rings is 2. The van der Waals surface area contributed by atoms with Crippen LogP contribution in [0.15, 0.2) is 48.5 Å². The highest BCUT2D eigenvalue weighted by molar-refractivity contribution is 6.31. The van der Waals surface area contributed by atoms with E-state index in [0.29, 0.717) is 41.0 Å². The summed E-state index contributed by atoms with van der Waals surface area (Å²) in [5.41, 5.74) is 2.15. The van der Waals surface area contributed by atoms with E-state index in [-0.39, 0.29) is 11.8 Å². The van der Waals surface area contributed by atoms with Crippen molar-refractivity contribution < 1.29 is 14.3 Å². The number of halogens is 1. The van der Waals surface area contributed by atoms with Crippen molar-refractivity contribution in [1.29, 1.82) is 0 Å². The van der Waals surface area contributed by atoms with E-state index in [1.165, 1.54) is 0 Å². The lowest BCUT2D eigenvalue weighted by molar-refractivity contribution is -0.116. The maximum absolute atomic E-state index is 13.0. The molecular formula is C24H26ClN3O3. The summed E-state index contributed by atoms with van der Waals surface area (Å²) in [7, 11) is 1.56. The number of para-hydroxylation sites is 1. The summed E-state index contributed by atoms with van der Waals surface area (Å²) in [6.07, 6.45) is 3.07. The fourth-order valence-electron chi connectivity index (χ4n) is 4.17. The van der Waals surface area contributed by atoms with E-state index in [2.05, 4.69) is 10.3 Å². The number of carbonyl (C=O) groups excluding carboxylic acids is 2. The van der Waals surface area contributed by atoms with Crippen LogP contribution in [-0.2, 0) is 4.79 Å². The van der Waals surface area contributed by atoms with Gasteiger partial charge in [-0.1, -0.05) is 29.8 Å². The molecule has 1 aliphatic rings. The number of likely N-dealkylation sites (tertiary alicyclic amines) is 1. The predicted octanol–water partition coefficient (Wildman–Crippen LogP) is 5.10. The van der Waals surface area contributed by atoms with Gasteiger partial charge in [0.05, 0.1) is 12.8 Å². The number of piperidine rings is 1. The van der Waals surface area contributed by atoms with Crippen LogP contribution in [0.1, 0.15) is 36.2 Å². The molecule has 7 heteroatoms. The Morgan fingerprint density at radius 1 is 1.23 bits per heavy atom. The first kappa shape index (κ1) is 21.2. The van der Waals surface area contributed by atoms with Crippen molar-refractivity contribution in [3.8, 4) is 5.75 Å². The Balaban J connectivity index is 1.33. The van der Waals surface area contributed by atoms with Gasteiger partial charge in [0, 0.05) is 35.4 Å². The van der Waals surface area contributed by atoms with Gasteiger partial charge in [-0.3, -0.25) is 9.59 Å². The van der Waals surface area contributed by atoms with E-state index in [4.69, 9.17) is 16.3 Å². The molecule has 0 spiro atoms. The van der Waals surface area contributed by atoms with Crippen molar-refractivity contribution in [1.82, 2.24) is 9.88 Å². The van der Waals surface area contributed by atoms with E-state index < -0.39 is 0 Å². The summed E-state index contributed by atoms with van der Waals surface area (Å²) in [4.78, 5) is 30.6. The Morgan fingerprint density at radius 3 is 2.87 bits per heavy atom. The molecule has 2 N–H and O–H groups in total. The molecule has 0 unspecified atom stereocenters. The standard InChI is InChI=1S/C24H26ClN3O3/c1-31-22-10-9-18(25)14-20(22)27-23(29)11-8-16-5-4-12-28(15-16)24(30)21-13-17-6-2-3-7-19(17)26-21/h2-3,6-7,9-10,13-14,16,26H,4-5,8,11-12,15H2,1H3,(H,27,29)/t16-/m1/s1. The van der Waals surface area contributed by atoms with Gasteiger partial charge >= 0.3 is 0 Å². The second kappa shape index (κ2) is 9.43. The number of amides is 2. The smallest absolute Gasteiger partial charge is 0.270 e. The number of rotatable bonds is 6. The Bertz CT molecular complexity index is 1060. The highest BCUT2D eigenvalue weighted by atomic mass is 35.5. The second-order valence-corrected chi connectivity index (χ2v) is 8.40. The molecule has 1 atom stereocenters. The maximum atomic E-state index is 13.0. The number of ether oxygens (including phenoxy) is 1. The number of H-pyrrole nitrogens is 1. The van der Waals surface area contributed by atoms with Crippen LogP contribution in [0.4, 0.5) is 5.69 Å². The fraction of sp³-hybridized carbons (Fsp3) is 0.333. The van der Waals surface area contributed by atoms with Crippen molar-refractivity contribution in [2.75, 3.05) is 25.5 Å². The average Bonchev–Trinajstić information content (AvgIpc) is 3.22. The minimum absolute atomic E-state index is 0.0222. The first-order valence-electron chi connectivity index (χ1n) is 10.5. The monoisotopic (exact) mass is 439 g/mol. The third-order valence-electron chi connectivity index (χ3n) is 5.78. The van der Waals surface area contributed by atoms with Gasteiger partial charge in [-0.2, -0.15) is 0 Å². The van der Waals surface area contributed by atoms with Crippen LogP contribution >= 0.6 is 11.6 Å². The first-order chi connectivity index (χ1) is 15.0. The number of fused-ring (bicyclic) bond motifs is 1. The zero-order chi connectivity index (χ0) is 21.8. The van der Waals surface area contributed by atoms with E-state index in [0.717, 1.165) is 36.7 Å². The van der Waals surface area contributed by atoms with Crippen molar-refractivity contribution in [2.45, 2.75) is 25.7 Å². The summed E-state index contributed by atoms with van der Waals surface area (Å²) in [6, 6.07) is 14.9. The molecule has 0 aliphatic carbocycles. The van der Waals surface area contributed by atoms with Crippen LogP contribution in [0, 0.1) is 5.92 Å². The Morgan fingerprint density at radius 2 is 2.06 bits per heavy atom. The van der Waals surface area contributed by atoms with Crippen LogP contribution < -0.4 is 10.1 Å². The highest BCUT2D eigenvalue weighted by Gasteiger charge is 2.26. The van der Waals surface area contributed by atoms with E-state index in [1.807, 2.05) is 35.2 Å². The average molecular weight is 440 g/mol. The molecule has 162 valence electrons. The van der Waals surface area contributed by atoms with Crippen LogP contribution in [0.3, 0.4) is 0 Å². The lowest BCUT2D eigenvalue weighted by Crippen LogP contribution is -2.40. The molecule has 6 nitrogen and oxygen atoms in total. The lowest BCUT2D eigenvalue weighted by atomic mass is 9.93. The normalized spacial score (nSPS) is 16.3. The molecule has 2 amide bonds. The number of methoxy groups -OCH3 is 1. The van der Waals surface area contributed by atoms with Gasteiger partial charge in [-0.15, -0.1) is 0 Å². The summed E-state index contributed by atoms with van der Waals surface area (Å²) >= 11 is 6.03. The van der Waals surface area contributed by atoms with Crippen molar-refractivity contribution in [3.63, 3.8) is 0 Å². The van der Waals surface area contributed by atoms with E-state index in [1.54, 1.807) is 25.3 Å². The molecule has 4 rings (SSSR count). The number of aromatic nitrogens is 1. The first-order valence-corrected chi connectivity index (χ1v) is 10.9. The SMILES string of the molecule is COc1ccc(Cl)cc1NC(=O)CC[C@H]1CCCN(C(=O)c2cc3ccccc3[nH]2)C1. The zero-order valence-electron chi connectivity index (χ0n) is 17.5. The molecular weight excluding hydrogens is 414 g/mol. The van der Waals surface area contributed by atoms with Crippen LogP contribution in [-0.4, -0.2) is 41.9 Å². The van der Waals surface area contributed by atoms with Gasteiger partial charge in [0.25, 0.3) is 5.91 Å². The number of aromatic amines is 1. The van der Waals surface area contributed by atoms with Crippen molar-refractivity contribution in [2.24, 2.45) is 5.92 Å². The number of carbonyl (C=O) groups is 2. The van der Waals surface area contributed by atoms with Gasteiger partial charge in [0.1, 0.15) is 11.4 Å². The van der Waals surface area contributed by atoms with Gasteiger partial charge in [-0.25, -0.2) is 0 Å². The summed E-state index contributed by atoms with van der Waals surface area (Å²) in [6.45, 7) is 1.42. The Hall–Kier alpha value is -2.99. The van der Waals surface area contributed by atoms with Gasteiger partial charge < -0.3 is 19.9 Å². The summed E-state index contributed by atoms with van der Waals surface area (Å²) in [5, 5.41) is 4.45. The molecule has 0 saturated carbocycles. The molecule has 1 fully saturated rings. The third-order valence-corrected chi connectivity index (χ3v) is 6.02. The molecule has 1 aliphatic heterocycles. The molecule has 31 heavy (non-hydrogen) atoms. The largest absolute Gasteiger partial charge is 0.495 e. The van der Waals surface area contributed by atoms with Crippen LogP contribution in [0.25, 0.3) is 10.9 Å². The highest BCUT2D eigenvalue weighted by Crippen LogP contribution is 2.28. The number of anilines is 1. The lowest BCUT2D eigenvalue weighted by Gasteiger charge is -2.32. The quantitative estimate of drug-likeness (QED) is 0.561. The minimum Gasteiger partial charge on any atom is -0.495 e.